The van der Waals surface area contributed by atoms with Crippen LogP contribution in [0.4, 0.5) is 0 Å². The highest BCUT2D eigenvalue weighted by Gasteiger charge is 2.06. The summed E-state index contributed by atoms with van der Waals surface area (Å²) in [6.45, 7) is 1.98. The fourth-order valence-electron chi connectivity index (χ4n) is 1.77. The van der Waals surface area contributed by atoms with Crippen molar-refractivity contribution in [2.45, 2.75) is 6.92 Å². The molecule has 1 heterocycles. The van der Waals surface area contributed by atoms with E-state index in [0.29, 0.717) is 0 Å². The Morgan fingerprint density at radius 2 is 1.94 bits per heavy atom. The number of nitrogens with zero attached hydrogens (tertiary/aromatic N) is 3. The van der Waals surface area contributed by atoms with E-state index in [-0.39, 0.29) is 0 Å². The SMILES string of the molecule is Cc1ccc(-n2nnc3ccccc32)cc1Cl. The van der Waals surface area contributed by atoms with Crippen molar-refractivity contribution < 1.29 is 0 Å². The van der Waals surface area contributed by atoms with Gasteiger partial charge in [0.2, 0.25) is 0 Å². The third kappa shape index (κ3) is 1.68. The highest BCUT2D eigenvalue weighted by molar-refractivity contribution is 6.31. The van der Waals surface area contributed by atoms with E-state index in [1.807, 2.05) is 49.4 Å². The van der Waals surface area contributed by atoms with Gasteiger partial charge in [0.25, 0.3) is 0 Å². The predicted octanol–water partition coefficient (Wildman–Crippen LogP) is 3.38. The van der Waals surface area contributed by atoms with Crippen molar-refractivity contribution in [2.24, 2.45) is 0 Å². The van der Waals surface area contributed by atoms with Crippen LogP contribution in [-0.2, 0) is 0 Å². The van der Waals surface area contributed by atoms with E-state index in [1.165, 1.54) is 0 Å². The molecule has 0 amide bonds. The molecule has 0 atom stereocenters. The van der Waals surface area contributed by atoms with E-state index in [9.17, 15) is 0 Å². The molecule has 0 radical (unpaired) electrons. The summed E-state index contributed by atoms with van der Waals surface area (Å²) in [5.41, 5.74) is 3.84. The van der Waals surface area contributed by atoms with Crippen LogP contribution in [0.2, 0.25) is 5.02 Å². The van der Waals surface area contributed by atoms with Crippen LogP contribution in [0.15, 0.2) is 42.5 Å². The molecule has 0 N–H and O–H groups in total. The van der Waals surface area contributed by atoms with Crippen LogP contribution in [0.25, 0.3) is 16.7 Å². The van der Waals surface area contributed by atoms with Crippen molar-refractivity contribution in [1.82, 2.24) is 15.0 Å². The molecule has 3 rings (SSSR count). The Bertz CT molecular complexity index is 688. The minimum atomic E-state index is 0.738. The molecule has 0 spiro atoms. The van der Waals surface area contributed by atoms with Crippen LogP contribution in [0.5, 0.6) is 0 Å². The second kappa shape index (κ2) is 3.86. The summed E-state index contributed by atoms with van der Waals surface area (Å²) in [5.74, 6) is 0. The number of aryl methyl sites for hydroxylation is 1. The van der Waals surface area contributed by atoms with E-state index < -0.39 is 0 Å². The van der Waals surface area contributed by atoms with Crippen molar-refractivity contribution >= 4 is 22.6 Å². The highest BCUT2D eigenvalue weighted by Crippen LogP contribution is 2.21. The molecule has 1 aromatic heterocycles. The van der Waals surface area contributed by atoms with E-state index in [2.05, 4.69) is 10.3 Å². The zero-order valence-electron chi connectivity index (χ0n) is 9.26. The van der Waals surface area contributed by atoms with Crippen LogP contribution in [0, 0.1) is 6.92 Å². The summed E-state index contributed by atoms with van der Waals surface area (Å²) < 4.78 is 1.79. The van der Waals surface area contributed by atoms with Gasteiger partial charge in [0.15, 0.2) is 0 Å². The molecule has 3 nitrogen and oxygen atoms in total. The maximum atomic E-state index is 6.12. The largest absolute Gasteiger partial charge is 0.213 e. The maximum Gasteiger partial charge on any atom is 0.113 e. The summed E-state index contributed by atoms with van der Waals surface area (Å²) in [7, 11) is 0. The van der Waals surface area contributed by atoms with Crippen LogP contribution in [-0.4, -0.2) is 15.0 Å². The average molecular weight is 244 g/mol. The Morgan fingerprint density at radius 1 is 1.12 bits per heavy atom. The molecule has 0 aliphatic rings. The minimum absolute atomic E-state index is 0.738. The fourth-order valence-corrected chi connectivity index (χ4v) is 1.95. The Morgan fingerprint density at radius 3 is 2.76 bits per heavy atom. The zero-order chi connectivity index (χ0) is 11.8. The van der Waals surface area contributed by atoms with Crippen molar-refractivity contribution in [3.05, 3.63) is 53.1 Å². The first-order valence-corrected chi connectivity index (χ1v) is 5.70. The van der Waals surface area contributed by atoms with E-state index >= 15 is 0 Å². The lowest BCUT2D eigenvalue weighted by molar-refractivity contribution is 0.824. The van der Waals surface area contributed by atoms with Gasteiger partial charge in [-0.1, -0.05) is 35.0 Å². The molecule has 0 aliphatic heterocycles. The minimum Gasteiger partial charge on any atom is -0.213 e. The van der Waals surface area contributed by atoms with Crippen LogP contribution in [0.1, 0.15) is 5.56 Å². The summed E-state index contributed by atoms with van der Waals surface area (Å²) in [4.78, 5) is 0. The number of para-hydroxylation sites is 1. The predicted molar refractivity (Wildman–Crippen MR) is 68.6 cm³/mol. The highest BCUT2D eigenvalue weighted by atomic mass is 35.5. The average Bonchev–Trinajstić information content (AvgIpc) is 2.76. The Balaban J connectivity index is 2.24. The normalized spacial score (nSPS) is 10.9. The summed E-state index contributed by atoms with van der Waals surface area (Å²) in [6.07, 6.45) is 0. The van der Waals surface area contributed by atoms with E-state index in [4.69, 9.17) is 11.6 Å². The van der Waals surface area contributed by atoms with Gasteiger partial charge in [0, 0.05) is 5.02 Å². The molecule has 3 aromatic rings. The summed E-state index contributed by atoms with van der Waals surface area (Å²) >= 11 is 6.12. The number of benzene rings is 2. The van der Waals surface area contributed by atoms with Gasteiger partial charge in [-0.2, -0.15) is 0 Å². The van der Waals surface area contributed by atoms with Gasteiger partial charge in [-0.25, -0.2) is 4.68 Å². The molecule has 0 saturated carbocycles. The molecule has 17 heavy (non-hydrogen) atoms. The third-order valence-corrected chi connectivity index (χ3v) is 3.16. The fraction of sp³-hybridized carbons (Fsp3) is 0.0769. The van der Waals surface area contributed by atoms with E-state index in [1.54, 1.807) is 4.68 Å². The molecule has 0 saturated heterocycles. The van der Waals surface area contributed by atoms with Crippen molar-refractivity contribution in [2.75, 3.05) is 0 Å². The first-order chi connectivity index (χ1) is 8.25. The van der Waals surface area contributed by atoms with Crippen molar-refractivity contribution in [3.8, 4) is 5.69 Å². The molecular weight excluding hydrogens is 234 g/mol. The number of aromatic nitrogens is 3. The lowest BCUT2D eigenvalue weighted by atomic mass is 10.2. The lowest BCUT2D eigenvalue weighted by Gasteiger charge is -2.04. The van der Waals surface area contributed by atoms with Crippen LogP contribution >= 0.6 is 11.6 Å². The lowest BCUT2D eigenvalue weighted by Crippen LogP contribution is -1.96. The number of hydrogen-bond acceptors (Lipinski definition) is 2. The van der Waals surface area contributed by atoms with Gasteiger partial charge in [0.05, 0.1) is 11.2 Å². The van der Waals surface area contributed by atoms with Crippen molar-refractivity contribution in [1.29, 1.82) is 0 Å². The summed E-state index contributed by atoms with van der Waals surface area (Å²) in [5, 5.41) is 9.00. The summed E-state index contributed by atoms with van der Waals surface area (Å²) in [6, 6.07) is 13.7. The Hall–Kier alpha value is -1.87. The third-order valence-electron chi connectivity index (χ3n) is 2.75. The standard InChI is InChI=1S/C13H10ClN3/c1-9-6-7-10(8-11(9)14)17-13-5-3-2-4-12(13)15-16-17/h2-8H,1H3. The number of hydrogen-bond donors (Lipinski definition) is 0. The van der Waals surface area contributed by atoms with E-state index in [0.717, 1.165) is 27.3 Å². The van der Waals surface area contributed by atoms with Gasteiger partial charge in [0.1, 0.15) is 5.52 Å². The Labute approximate surface area is 104 Å². The molecular formula is C13H10ClN3. The number of fused-ring (bicyclic) bond motifs is 1. The molecule has 2 aromatic carbocycles. The monoisotopic (exact) mass is 243 g/mol. The van der Waals surface area contributed by atoms with Crippen molar-refractivity contribution in [3.63, 3.8) is 0 Å². The van der Waals surface area contributed by atoms with Gasteiger partial charge < -0.3 is 0 Å². The smallest absolute Gasteiger partial charge is 0.113 e. The molecule has 4 heteroatoms. The molecule has 84 valence electrons. The quantitative estimate of drug-likeness (QED) is 0.656. The molecule has 0 fully saturated rings. The first kappa shape index (κ1) is 10.3. The molecule has 0 aliphatic carbocycles. The second-order valence-electron chi connectivity index (χ2n) is 3.92. The van der Waals surface area contributed by atoms with Crippen LogP contribution < -0.4 is 0 Å². The topological polar surface area (TPSA) is 30.7 Å². The zero-order valence-corrected chi connectivity index (χ0v) is 10.0. The van der Waals surface area contributed by atoms with Crippen LogP contribution in [0.3, 0.4) is 0 Å². The van der Waals surface area contributed by atoms with Gasteiger partial charge >= 0.3 is 0 Å². The maximum absolute atomic E-state index is 6.12. The first-order valence-electron chi connectivity index (χ1n) is 5.33. The molecule has 0 bridgehead atoms. The second-order valence-corrected chi connectivity index (χ2v) is 4.33. The van der Waals surface area contributed by atoms with Gasteiger partial charge in [-0.05, 0) is 36.8 Å². The Kier molecular flexibility index (Phi) is 2.34. The number of rotatable bonds is 1. The number of halogens is 1. The van der Waals surface area contributed by atoms with Gasteiger partial charge in [-0.15, -0.1) is 5.10 Å². The molecule has 0 unspecified atom stereocenters. The van der Waals surface area contributed by atoms with Gasteiger partial charge in [-0.3, -0.25) is 0 Å².